The summed E-state index contributed by atoms with van der Waals surface area (Å²) in [5, 5.41) is 3.31. The fourth-order valence-electron chi connectivity index (χ4n) is 2.53. The van der Waals surface area contributed by atoms with Crippen LogP contribution in [0.1, 0.15) is 18.1 Å². The number of hydrogen-bond donors (Lipinski definition) is 1. The molecule has 4 heteroatoms. The predicted octanol–water partition coefficient (Wildman–Crippen LogP) is 1.25. The van der Waals surface area contributed by atoms with E-state index < -0.39 is 0 Å². The SMILES string of the molecule is CCN(Cc1ccccc1C)C(=O)CN1CCNCC1. The molecule has 0 spiro atoms. The van der Waals surface area contributed by atoms with Crippen molar-refractivity contribution in [2.45, 2.75) is 20.4 Å². The van der Waals surface area contributed by atoms with E-state index in [4.69, 9.17) is 0 Å². The first-order valence-corrected chi connectivity index (χ1v) is 7.46. The highest BCUT2D eigenvalue weighted by atomic mass is 16.2. The molecule has 2 rings (SSSR count). The number of nitrogens with one attached hydrogen (secondary N) is 1. The summed E-state index contributed by atoms with van der Waals surface area (Å²) >= 11 is 0. The zero-order valence-corrected chi connectivity index (χ0v) is 12.6. The molecule has 1 N–H and O–H groups in total. The predicted molar refractivity (Wildman–Crippen MR) is 81.6 cm³/mol. The van der Waals surface area contributed by atoms with Gasteiger partial charge in [-0.25, -0.2) is 0 Å². The largest absolute Gasteiger partial charge is 0.338 e. The molecule has 20 heavy (non-hydrogen) atoms. The van der Waals surface area contributed by atoms with E-state index >= 15 is 0 Å². The number of benzene rings is 1. The Balaban J connectivity index is 1.93. The first-order valence-electron chi connectivity index (χ1n) is 7.46. The standard InChI is InChI=1S/C16H25N3O/c1-3-19(12-15-7-5-4-6-14(15)2)16(20)13-18-10-8-17-9-11-18/h4-7,17H,3,8-13H2,1-2H3. The number of amides is 1. The lowest BCUT2D eigenvalue weighted by molar-refractivity contribution is -0.133. The fourth-order valence-corrected chi connectivity index (χ4v) is 2.53. The number of piperazine rings is 1. The highest BCUT2D eigenvalue weighted by molar-refractivity contribution is 5.78. The van der Waals surface area contributed by atoms with Crippen LogP contribution in [0.4, 0.5) is 0 Å². The van der Waals surface area contributed by atoms with Crippen LogP contribution in [0.15, 0.2) is 24.3 Å². The van der Waals surface area contributed by atoms with Gasteiger partial charge >= 0.3 is 0 Å². The van der Waals surface area contributed by atoms with Crippen LogP contribution in [0, 0.1) is 6.92 Å². The summed E-state index contributed by atoms with van der Waals surface area (Å²) in [7, 11) is 0. The Morgan fingerprint density at radius 3 is 2.65 bits per heavy atom. The molecule has 0 bridgehead atoms. The molecule has 0 aromatic heterocycles. The molecular formula is C16H25N3O. The number of carbonyl (C=O) groups is 1. The molecule has 0 atom stereocenters. The number of aryl methyl sites for hydroxylation is 1. The first kappa shape index (κ1) is 15.0. The molecule has 1 aromatic rings. The zero-order valence-electron chi connectivity index (χ0n) is 12.6. The van der Waals surface area contributed by atoms with E-state index in [1.54, 1.807) is 0 Å². The molecule has 1 saturated heterocycles. The van der Waals surface area contributed by atoms with Crippen LogP contribution in [0.5, 0.6) is 0 Å². The Morgan fingerprint density at radius 1 is 1.30 bits per heavy atom. The minimum Gasteiger partial charge on any atom is -0.338 e. The van der Waals surface area contributed by atoms with Crippen molar-refractivity contribution in [3.63, 3.8) is 0 Å². The van der Waals surface area contributed by atoms with Gasteiger partial charge in [0.05, 0.1) is 6.54 Å². The maximum absolute atomic E-state index is 12.4. The van der Waals surface area contributed by atoms with Gasteiger partial charge in [-0.1, -0.05) is 24.3 Å². The minimum atomic E-state index is 0.234. The number of carbonyl (C=O) groups excluding carboxylic acids is 1. The van der Waals surface area contributed by atoms with Gasteiger partial charge in [0.1, 0.15) is 0 Å². The molecule has 0 aliphatic carbocycles. The third-order valence-corrected chi connectivity index (χ3v) is 3.93. The molecule has 1 heterocycles. The molecule has 1 aliphatic heterocycles. The smallest absolute Gasteiger partial charge is 0.237 e. The molecule has 0 saturated carbocycles. The molecule has 110 valence electrons. The number of rotatable bonds is 5. The quantitative estimate of drug-likeness (QED) is 0.878. The van der Waals surface area contributed by atoms with Crippen LogP contribution in [0.2, 0.25) is 0 Å². The second-order valence-corrected chi connectivity index (χ2v) is 5.36. The van der Waals surface area contributed by atoms with Gasteiger partial charge < -0.3 is 10.2 Å². The van der Waals surface area contributed by atoms with Gasteiger partial charge in [0, 0.05) is 39.3 Å². The Labute approximate surface area is 121 Å². The van der Waals surface area contributed by atoms with Crippen molar-refractivity contribution in [3.8, 4) is 0 Å². The molecular weight excluding hydrogens is 250 g/mol. The fraction of sp³-hybridized carbons (Fsp3) is 0.562. The van der Waals surface area contributed by atoms with E-state index in [2.05, 4.69) is 29.3 Å². The second kappa shape index (κ2) is 7.41. The van der Waals surface area contributed by atoms with Gasteiger partial charge in [-0.15, -0.1) is 0 Å². The highest BCUT2D eigenvalue weighted by Crippen LogP contribution is 2.11. The van der Waals surface area contributed by atoms with Crippen molar-refractivity contribution in [1.82, 2.24) is 15.1 Å². The van der Waals surface area contributed by atoms with E-state index in [0.29, 0.717) is 13.1 Å². The van der Waals surface area contributed by atoms with E-state index in [0.717, 1.165) is 32.7 Å². The van der Waals surface area contributed by atoms with Crippen molar-refractivity contribution in [1.29, 1.82) is 0 Å². The molecule has 1 aliphatic rings. The third-order valence-electron chi connectivity index (χ3n) is 3.93. The van der Waals surface area contributed by atoms with Crippen molar-refractivity contribution in [2.24, 2.45) is 0 Å². The van der Waals surface area contributed by atoms with E-state index in [-0.39, 0.29) is 5.91 Å². The lowest BCUT2D eigenvalue weighted by Crippen LogP contribution is -2.48. The first-order chi connectivity index (χ1) is 9.70. The monoisotopic (exact) mass is 275 g/mol. The van der Waals surface area contributed by atoms with Crippen LogP contribution in [-0.4, -0.2) is 55.0 Å². The van der Waals surface area contributed by atoms with Crippen molar-refractivity contribution in [2.75, 3.05) is 39.3 Å². The average molecular weight is 275 g/mol. The molecule has 1 amide bonds. The van der Waals surface area contributed by atoms with Gasteiger partial charge in [-0.2, -0.15) is 0 Å². The van der Waals surface area contributed by atoms with Gasteiger partial charge in [0.2, 0.25) is 5.91 Å². The minimum absolute atomic E-state index is 0.234. The van der Waals surface area contributed by atoms with Gasteiger partial charge in [0.15, 0.2) is 0 Å². The van der Waals surface area contributed by atoms with Crippen molar-refractivity contribution >= 4 is 5.91 Å². The van der Waals surface area contributed by atoms with Gasteiger partial charge in [0.25, 0.3) is 0 Å². The highest BCUT2D eigenvalue weighted by Gasteiger charge is 2.18. The number of likely N-dealkylation sites (N-methyl/N-ethyl adjacent to an activating group) is 1. The maximum Gasteiger partial charge on any atom is 0.237 e. The molecule has 0 unspecified atom stereocenters. The topological polar surface area (TPSA) is 35.6 Å². The number of nitrogens with zero attached hydrogens (tertiary/aromatic N) is 2. The van der Waals surface area contributed by atoms with Crippen molar-refractivity contribution in [3.05, 3.63) is 35.4 Å². The summed E-state index contributed by atoms with van der Waals surface area (Å²) in [6.45, 7) is 10.1. The number of hydrogen-bond acceptors (Lipinski definition) is 3. The summed E-state index contributed by atoms with van der Waals surface area (Å²) < 4.78 is 0. The van der Waals surface area contributed by atoms with Crippen LogP contribution < -0.4 is 5.32 Å². The molecule has 0 radical (unpaired) electrons. The molecule has 1 fully saturated rings. The van der Waals surface area contributed by atoms with Gasteiger partial charge in [-0.05, 0) is 25.0 Å². The van der Waals surface area contributed by atoms with Crippen molar-refractivity contribution < 1.29 is 4.79 Å². The Bertz CT molecular complexity index is 441. The summed E-state index contributed by atoms with van der Waals surface area (Å²) in [6, 6.07) is 8.29. The van der Waals surface area contributed by atoms with Crippen LogP contribution in [0.25, 0.3) is 0 Å². The lowest BCUT2D eigenvalue weighted by Gasteiger charge is -2.29. The van der Waals surface area contributed by atoms with E-state index in [1.165, 1.54) is 11.1 Å². The Kier molecular flexibility index (Phi) is 5.56. The Hall–Kier alpha value is -1.39. The van der Waals surface area contributed by atoms with Crippen LogP contribution >= 0.6 is 0 Å². The van der Waals surface area contributed by atoms with Crippen LogP contribution in [-0.2, 0) is 11.3 Å². The normalized spacial score (nSPS) is 16.1. The van der Waals surface area contributed by atoms with Gasteiger partial charge in [-0.3, -0.25) is 9.69 Å². The summed E-state index contributed by atoms with van der Waals surface area (Å²) in [6.07, 6.45) is 0. The summed E-state index contributed by atoms with van der Waals surface area (Å²) in [4.78, 5) is 16.6. The van der Waals surface area contributed by atoms with Crippen LogP contribution in [0.3, 0.4) is 0 Å². The second-order valence-electron chi connectivity index (χ2n) is 5.36. The Morgan fingerprint density at radius 2 is 2.00 bits per heavy atom. The molecule has 4 nitrogen and oxygen atoms in total. The summed E-state index contributed by atoms with van der Waals surface area (Å²) in [5.74, 6) is 0.234. The molecule has 1 aromatic carbocycles. The maximum atomic E-state index is 12.4. The lowest BCUT2D eigenvalue weighted by atomic mass is 10.1. The van der Waals surface area contributed by atoms with E-state index in [1.807, 2.05) is 24.0 Å². The summed E-state index contributed by atoms with van der Waals surface area (Å²) in [5.41, 5.74) is 2.49. The average Bonchev–Trinajstić information content (AvgIpc) is 2.47. The van der Waals surface area contributed by atoms with E-state index in [9.17, 15) is 4.79 Å². The third kappa shape index (κ3) is 4.05. The zero-order chi connectivity index (χ0) is 14.4.